The van der Waals surface area contributed by atoms with Gasteiger partial charge in [0.25, 0.3) is 0 Å². The van der Waals surface area contributed by atoms with Crippen molar-refractivity contribution in [2.24, 2.45) is 0 Å². The number of benzene rings is 1. The molecule has 2 aromatic heterocycles. The standard InChI is InChI=1S/C16H13NO3S/c1-10-6-7-15(21-10)14(18)9-20-16(19)13-8-11-4-2-3-5-12(11)17-13/h2-8,17H,9H2,1H3. The number of hydrogen-bond donors (Lipinski definition) is 1. The van der Waals surface area contributed by atoms with Crippen molar-refractivity contribution in [3.8, 4) is 0 Å². The molecular weight excluding hydrogens is 286 g/mol. The molecule has 1 aromatic carbocycles. The van der Waals surface area contributed by atoms with Crippen LogP contribution < -0.4 is 0 Å². The van der Waals surface area contributed by atoms with Crippen LogP contribution in [0.15, 0.2) is 42.5 Å². The number of para-hydroxylation sites is 1. The highest BCUT2D eigenvalue weighted by Gasteiger charge is 2.14. The summed E-state index contributed by atoms with van der Waals surface area (Å²) < 4.78 is 5.07. The largest absolute Gasteiger partial charge is 0.453 e. The Hall–Kier alpha value is -2.40. The minimum absolute atomic E-state index is 0.183. The number of hydrogen-bond acceptors (Lipinski definition) is 4. The van der Waals surface area contributed by atoms with E-state index in [-0.39, 0.29) is 12.4 Å². The molecule has 3 aromatic rings. The first-order valence-corrected chi connectivity index (χ1v) is 7.29. The molecule has 4 nitrogen and oxygen atoms in total. The number of ketones is 1. The molecule has 0 fully saturated rings. The second-order valence-electron chi connectivity index (χ2n) is 4.68. The summed E-state index contributed by atoms with van der Waals surface area (Å²) in [6, 6.07) is 12.9. The SMILES string of the molecule is Cc1ccc(C(=O)COC(=O)c2cc3ccccc3[nH]2)s1. The number of ether oxygens (including phenoxy) is 1. The Labute approximate surface area is 125 Å². The molecule has 0 aliphatic carbocycles. The van der Waals surface area contributed by atoms with E-state index in [1.807, 2.05) is 37.3 Å². The van der Waals surface area contributed by atoms with Crippen molar-refractivity contribution in [2.75, 3.05) is 6.61 Å². The molecule has 0 aliphatic rings. The second kappa shape index (κ2) is 5.54. The number of H-pyrrole nitrogens is 1. The van der Waals surface area contributed by atoms with Gasteiger partial charge in [0.2, 0.25) is 5.78 Å². The molecule has 0 spiro atoms. The molecule has 0 saturated heterocycles. The van der Waals surface area contributed by atoms with E-state index in [0.717, 1.165) is 15.8 Å². The maximum absolute atomic E-state index is 12.0. The molecule has 0 radical (unpaired) electrons. The van der Waals surface area contributed by atoms with E-state index in [1.54, 1.807) is 12.1 Å². The minimum Gasteiger partial charge on any atom is -0.453 e. The van der Waals surface area contributed by atoms with Gasteiger partial charge in [0.05, 0.1) is 4.88 Å². The van der Waals surface area contributed by atoms with Gasteiger partial charge in [-0.3, -0.25) is 4.79 Å². The van der Waals surface area contributed by atoms with Gasteiger partial charge in [-0.25, -0.2) is 4.79 Å². The summed E-state index contributed by atoms with van der Waals surface area (Å²) in [5.74, 6) is -0.703. The van der Waals surface area contributed by atoms with Gasteiger partial charge in [0.15, 0.2) is 6.61 Å². The Bertz CT molecular complexity index is 783. The van der Waals surface area contributed by atoms with Crippen LogP contribution in [0.25, 0.3) is 10.9 Å². The lowest BCUT2D eigenvalue weighted by Crippen LogP contribution is -2.13. The topological polar surface area (TPSA) is 59.2 Å². The quantitative estimate of drug-likeness (QED) is 0.591. The first kappa shape index (κ1) is 13.6. The van der Waals surface area contributed by atoms with Crippen LogP contribution in [0.4, 0.5) is 0 Å². The zero-order chi connectivity index (χ0) is 14.8. The van der Waals surface area contributed by atoms with E-state index < -0.39 is 5.97 Å². The molecule has 0 bridgehead atoms. The van der Waals surface area contributed by atoms with Crippen LogP contribution in [0.2, 0.25) is 0 Å². The molecule has 106 valence electrons. The number of thiophene rings is 1. The number of aryl methyl sites for hydroxylation is 1. The highest BCUT2D eigenvalue weighted by atomic mass is 32.1. The van der Waals surface area contributed by atoms with Crippen LogP contribution >= 0.6 is 11.3 Å². The summed E-state index contributed by atoms with van der Waals surface area (Å²) in [6.45, 7) is 1.69. The maximum Gasteiger partial charge on any atom is 0.355 e. The van der Waals surface area contributed by atoms with E-state index in [2.05, 4.69) is 4.98 Å². The van der Waals surface area contributed by atoms with Crippen molar-refractivity contribution in [1.82, 2.24) is 4.98 Å². The third-order valence-electron chi connectivity index (χ3n) is 3.10. The highest BCUT2D eigenvalue weighted by molar-refractivity contribution is 7.14. The molecule has 0 saturated carbocycles. The number of Topliss-reactive ketones (excluding diaryl/α,β-unsaturated/α-hetero) is 1. The Balaban J connectivity index is 1.67. The summed E-state index contributed by atoms with van der Waals surface area (Å²) >= 11 is 1.40. The number of nitrogens with one attached hydrogen (secondary N) is 1. The first-order chi connectivity index (χ1) is 10.1. The summed E-state index contributed by atoms with van der Waals surface area (Å²) in [6.07, 6.45) is 0. The minimum atomic E-state index is -0.521. The summed E-state index contributed by atoms with van der Waals surface area (Å²) in [4.78, 5) is 28.5. The van der Waals surface area contributed by atoms with Crippen LogP contribution in [-0.2, 0) is 4.74 Å². The van der Waals surface area contributed by atoms with Crippen molar-refractivity contribution >= 4 is 34.0 Å². The molecule has 21 heavy (non-hydrogen) atoms. The van der Waals surface area contributed by atoms with Gasteiger partial charge < -0.3 is 9.72 Å². The predicted molar refractivity (Wildman–Crippen MR) is 82.0 cm³/mol. The van der Waals surface area contributed by atoms with E-state index in [0.29, 0.717) is 10.6 Å². The van der Waals surface area contributed by atoms with Gasteiger partial charge in [-0.2, -0.15) is 0 Å². The van der Waals surface area contributed by atoms with Crippen molar-refractivity contribution in [3.63, 3.8) is 0 Å². The van der Waals surface area contributed by atoms with Gasteiger partial charge in [-0.15, -0.1) is 11.3 Å². The Kier molecular flexibility index (Phi) is 3.58. The van der Waals surface area contributed by atoms with Gasteiger partial charge in [0, 0.05) is 15.8 Å². The van der Waals surface area contributed by atoms with E-state index in [1.165, 1.54) is 11.3 Å². The second-order valence-corrected chi connectivity index (χ2v) is 5.97. The molecule has 1 N–H and O–H groups in total. The normalized spacial score (nSPS) is 10.7. The summed E-state index contributed by atoms with van der Waals surface area (Å²) in [5, 5.41) is 0.935. The summed E-state index contributed by atoms with van der Waals surface area (Å²) in [5.41, 5.74) is 1.22. The lowest BCUT2D eigenvalue weighted by molar-refractivity contribution is 0.0471. The van der Waals surface area contributed by atoms with Gasteiger partial charge >= 0.3 is 5.97 Å². The van der Waals surface area contributed by atoms with Crippen LogP contribution in [0, 0.1) is 6.92 Å². The van der Waals surface area contributed by atoms with E-state index >= 15 is 0 Å². The van der Waals surface area contributed by atoms with Crippen LogP contribution in [0.5, 0.6) is 0 Å². The Morgan fingerprint density at radius 3 is 2.71 bits per heavy atom. The molecular formula is C16H13NO3S. The number of aromatic amines is 1. The monoisotopic (exact) mass is 299 g/mol. The fraction of sp³-hybridized carbons (Fsp3) is 0.125. The van der Waals surface area contributed by atoms with Gasteiger partial charge in [-0.1, -0.05) is 18.2 Å². The third kappa shape index (κ3) is 2.87. The lowest BCUT2D eigenvalue weighted by Gasteiger charge is -2.01. The van der Waals surface area contributed by atoms with Crippen molar-refractivity contribution in [2.45, 2.75) is 6.92 Å². The number of esters is 1. The predicted octanol–water partition coefficient (Wildman–Crippen LogP) is 3.58. The van der Waals surface area contributed by atoms with Gasteiger partial charge in [-0.05, 0) is 31.2 Å². The van der Waals surface area contributed by atoms with E-state index in [4.69, 9.17) is 4.74 Å². The maximum atomic E-state index is 12.0. The van der Waals surface area contributed by atoms with Crippen molar-refractivity contribution < 1.29 is 14.3 Å². The van der Waals surface area contributed by atoms with Crippen LogP contribution in [0.3, 0.4) is 0 Å². The molecule has 2 heterocycles. The van der Waals surface area contributed by atoms with Crippen molar-refractivity contribution in [3.05, 3.63) is 57.9 Å². The number of carbonyl (C=O) groups is 2. The summed E-state index contributed by atoms with van der Waals surface area (Å²) in [7, 11) is 0. The van der Waals surface area contributed by atoms with Crippen LogP contribution in [0.1, 0.15) is 25.0 Å². The van der Waals surface area contributed by atoms with Crippen LogP contribution in [-0.4, -0.2) is 23.3 Å². The van der Waals surface area contributed by atoms with Gasteiger partial charge in [0.1, 0.15) is 5.69 Å². The third-order valence-corrected chi connectivity index (χ3v) is 4.14. The zero-order valence-corrected chi connectivity index (χ0v) is 12.2. The highest BCUT2D eigenvalue weighted by Crippen LogP contribution is 2.17. The van der Waals surface area contributed by atoms with E-state index in [9.17, 15) is 9.59 Å². The van der Waals surface area contributed by atoms with Crippen molar-refractivity contribution in [1.29, 1.82) is 0 Å². The number of aromatic nitrogens is 1. The molecule has 5 heteroatoms. The molecule has 0 unspecified atom stereocenters. The first-order valence-electron chi connectivity index (χ1n) is 6.48. The zero-order valence-electron chi connectivity index (χ0n) is 11.4. The molecule has 0 atom stereocenters. The fourth-order valence-electron chi connectivity index (χ4n) is 2.05. The lowest BCUT2D eigenvalue weighted by atomic mass is 10.2. The molecule has 0 amide bonds. The Morgan fingerprint density at radius 2 is 2.00 bits per heavy atom. The molecule has 0 aliphatic heterocycles. The number of carbonyl (C=O) groups excluding carboxylic acids is 2. The number of rotatable bonds is 4. The Morgan fingerprint density at radius 1 is 1.19 bits per heavy atom. The smallest absolute Gasteiger partial charge is 0.355 e. The molecule has 3 rings (SSSR count). The average molecular weight is 299 g/mol. The average Bonchev–Trinajstić information content (AvgIpc) is 3.10. The fourth-order valence-corrected chi connectivity index (χ4v) is 2.84. The number of fused-ring (bicyclic) bond motifs is 1.